The molecular formula is C15H18ClN3O3S. The topological polar surface area (TPSA) is 76.3 Å². The first kappa shape index (κ1) is 16.4. The zero-order valence-corrected chi connectivity index (χ0v) is 14.3. The van der Waals surface area contributed by atoms with Crippen LogP contribution in [0.25, 0.3) is 0 Å². The molecule has 0 atom stereocenters. The van der Waals surface area contributed by atoms with E-state index in [1.165, 1.54) is 0 Å². The molecule has 1 aliphatic heterocycles. The Bertz CT molecular complexity index is 766. The Morgan fingerprint density at radius 2 is 1.87 bits per heavy atom. The van der Waals surface area contributed by atoms with Gasteiger partial charge in [0.1, 0.15) is 0 Å². The van der Waals surface area contributed by atoms with Gasteiger partial charge in [-0.05, 0) is 30.5 Å². The van der Waals surface area contributed by atoms with E-state index in [0.29, 0.717) is 42.7 Å². The highest BCUT2D eigenvalue weighted by Gasteiger charge is 2.30. The zero-order chi connectivity index (χ0) is 16.4. The van der Waals surface area contributed by atoms with E-state index >= 15 is 0 Å². The quantitative estimate of drug-likeness (QED) is 0.842. The van der Waals surface area contributed by atoms with Crippen LogP contribution in [-0.4, -0.2) is 36.0 Å². The Kier molecular flexibility index (Phi) is 4.70. The smallest absolute Gasteiger partial charge is 0.219 e. The van der Waals surface area contributed by atoms with Gasteiger partial charge in [-0.3, -0.25) is 0 Å². The van der Waals surface area contributed by atoms with Crippen LogP contribution in [0.4, 0.5) is 0 Å². The first-order valence-corrected chi connectivity index (χ1v) is 9.45. The molecule has 0 amide bonds. The molecule has 3 rings (SSSR count). The predicted octanol–water partition coefficient (Wildman–Crippen LogP) is 2.74. The van der Waals surface area contributed by atoms with Gasteiger partial charge in [0.05, 0.1) is 5.75 Å². The number of aromatic nitrogens is 2. The number of hydrogen-bond acceptors (Lipinski definition) is 5. The van der Waals surface area contributed by atoms with Crippen LogP contribution in [0.3, 0.4) is 0 Å². The van der Waals surface area contributed by atoms with Crippen molar-refractivity contribution >= 4 is 21.6 Å². The van der Waals surface area contributed by atoms with Gasteiger partial charge < -0.3 is 4.42 Å². The number of hydrogen-bond donors (Lipinski definition) is 0. The normalized spacial score (nSPS) is 17.5. The van der Waals surface area contributed by atoms with E-state index in [9.17, 15) is 8.42 Å². The van der Waals surface area contributed by atoms with Crippen LogP contribution < -0.4 is 0 Å². The minimum atomic E-state index is -3.33. The fraction of sp³-hybridized carbons (Fsp3) is 0.467. The van der Waals surface area contributed by atoms with Crippen molar-refractivity contribution in [3.63, 3.8) is 0 Å². The van der Waals surface area contributed by atoms with Gasteiger partial charge in [0, 0.05) is 31.0 Å². The van der Waals surface area contributed by atoms with Crippen LogP contribution in [-0.2, 0) is 15.8 Å². The molecule has 2 heterocycles. The lowest BCUT2D eigenvalue weighted by Crippen LogP contribution is -2.38. The van der Waals surface area contributed by atoms with Gasteiger partial charge in [-0.2, -0.15) is 0 Å². The maximum absolute atomic E-state index is 12.5. The molecule has 2 aromatic rings. The average molecular weight is 356 g/mol. The maximum Gasteiger partial charge on any atom is 0.219 e. The van der Waals surface area contributed by atoms with E-state index < -0.39 is 10.0 Å². The number of benzene rings is 1. The first-order valence-electron chi connectivity index (χ1n) is 7.46. The van der Waals surface area contributed by atoms with Crippen molar-refractivity contribution < 1.29 is 12.8 Å². The highest BCUT2D eigenvalue weighted by molar-refractivity contribution is 7.88. The molecule has 1 aromatic carbocycles. The number of halogens is 1. The Morgan fingerprint density at radius 3 is 2.43 bits per heavy atom. The molecule has 23 heavy (non-hydrogen) atoms. The van der Waals surface area contributed by atoms with Crippen molar-refractivity contribution in [3.05, 3.63) is 46.6 Å². The maximum atomic E-state index is 12.5. The van der Waals surface area contributed by atoms with Crippen molar-refractivity contribution in [2.24, 2.45) is 0 Å². The third kappa shape index (κ3) is 3.91. The molecule has 124 valence electrons. The average Bonchev–Trinajstić information content (AvgIpc) is 2.96. The summed E-state index contributed by atoms with van der Waals surface area (Å²) >= 11 is 5.83. The van der Waals surface area contributed by atoms with Crippen molar-refractivity contribution in [2.45, 2.75) is 31.4 Å². The van der Waals surface area contributed by atoms with Crippen LogP contribution in [0.5, 0.6) is 0 Å². The van der Waals surface area contributed by atoms with E-state index in [4.69, 9.17) is 16.0 Å². The second-order valence-electron chi connectivity index (χ2n) is 5.72. The van der Waals surface area contributed by atoms with Crippen molar-refractivity contribution in [1.29, 1.82) is 0 Å². The summed E-state index contributed by atoms with van der Waals surface area (Å²) in [6.07, 6.45) is 1.39. The molecule has 0 bridgehead atoms. The summed E-state index contributed by atoms with van der Waals surface area (Å²) in [5.41, 5.74) is 0.740. The van der Waals surface area contributed by atoms with Crippen LogP contribution in [0, 0.1) is 6.92 Å². The minimum Gasteiger partial charge on any atom is -0.425 e. The molecule has 6 nitrogen and oxygen atoms in total. The molecule has 0 N–H and O–H groups in total. The van der Waals surface area contributed by atoms with E-state index in [0.717, 1.165) is 5.56 Å². The van der Waals surface area contributed by atoms with E-state index in [2.05, 4.69) is 10.2 Å². The second kappa shape index (κ2) is 6.59. The van der Waals surface area contributed by atoms with Crippen molar-refractivity contribution in [1.82, 2.24) is 14.5 Å². The summed E-state index contributed by atoms with van der Waals surface area (Å²) in [6.45, 7) is 2.70. The number of piperidine rings is 1. The van der Waals surface area contributed by atoms with Gasteiger partial charge >= 0.3 is 0 Å². The SMILES string of the molecule is Cc1nnc(C2CCN(S(=O)(=O)Cc3ccc(Cl)cc3)CC2)o1. The highest BCUT2D eigenvalue weighted by Crippen LogP contribution is 2.29. The van der Waals surface area contributed by atoms with Crippen molar-refractivity contribution in [3.8, 4) is 0 Å². The highest BCUT2D eigenvalue weighted by atomic mass is 35.5. The molecule has 0 radical (unpaired) electrons. The van der Waals surface area contributed by atoms with E-state index in [1.807, 2.05) is 0 Å². The summed E-state index contributed by atoms with van der Waals surface area (Å²) in [5.74, 6) is 1.28. The number of nitrogens with zero attached hydrogens (tertiary/aromatic N) is 3. The van der Waals surface area contributed by atoms with Crippen LogP contribution >= 0.6 is 11.6 Å². The molecule has 1 saturated heterocycles. The third-order valence-corrected chi connectivity index (χ3v) is 6.10. The molecule has 1 aliphatic rings. The lowest BCUT2D eigenvalue weighted by atomic mass is 9.98. The van der Waals surface area contributed by atoms with Crippen molar-refractivity contribution in [2.75, 3.05) is 13.1 Å². The summed E-state index contributed by atoms with van der Waals surface area (Å²) in [5, 5.41) is 8.47. The summed E-state index contributed by atoms with van der Waals surface area (Å²) < 4.78 is 32.0. The molecule has 8 heteroatoms. The second-order valence-corrected chi connectivity index (χ2v) is 8.12. The Hall–Kier alpha value is -1.44. The number of rotatable bonds is 4. The molecule has 0 spiro atoms. The molecule has 1 fully saturated rings. The standard InChI is InChI=1S/C15H18ClN3O3S/c1-11-17-18-15(22-11)13-6-8-19(9-7-13)23(20,21)10-12-2-4-14(16)5-3-12/h2-5,13H,6-10H2,1H3. The third-order valence-electron chi connectivity index (χ3n) is 4.00. The molecular weight excluding hydrogens is 338 g/mol. The molecule has 0 unspecified atom stereocenters. The predicted molar refractivity (Wildman–Crippen MR) is 86.7 cm³/mol. The van der Waals surface area contributed by atoms with E-state index in [-0.39, 0.29) is 11.7 Å². The van der Waals surface area contributed by atoms with Gasteiger partial charge in [0.2, 0.25) is 21.8 Å². The summed E-state index contributed by atoms with van der Waals surface area (Å²) in [4.78, 5) is 0. The first-order chi connectivity index (χ1) is 10.9. The van der Waals surface area contributed by atoms with E-state index in [1.54, 1.807) is 35.5 Å². The van der Waals surface area contributed by atoms with Gasteiger partial charge in [0.15, 0.2) is 0 Å². The fourth-order valence-electron chi connectivity index (χ4n) is 2.74. The van der Waals surface area contributed by atoms with Gasteiger partial charge in [-0.15, -0.1) is 10.2 Å². The fourth-order valence-corrected chi connectivity index (χ4v) is 4.43. The Labute approximate surface area is 140 Å². The Balaban J connectivity index is 1.63. The molecule has 0 aliphatic carbocycles. The van der Waals surface area contributed by atoms with Gasteiger partial charge in [0.25, 0.3) is 0 Å². The zero-order valence-electron chi connectivity index (χ0n) is 12.8. The largest absolute Gasteiger partial charge is 0.425 e. The lowest BCUT2D eigenvalue weighted by Gasteiger charge is -2.29. The van der Waals surface area contributed by atoms with Gasteiger partial charge in [-0.1, -0.05) is 23.7 Å². The number of aryl methyl sites for hydroxylation is 1. The van der Waals surface area contributed by atoms with Crippen LogP contribution in [0.15, 0.2) is 28.7 Å². The van der Waals surface area contributed by atoms with Crippen LogP contribution in [0.2, 0.25) is 5.02 Å². The van der Waals surface area contributed by atoms with Gasteiger partial charge in [-0.25, -0.2) is 12.7 Å². The lowest BCUT2D eigenvalue weighted by molar-refractivity contribution is 0.287. The Morgan fingerprint density at radius 1 is 1.22 bits per heavy atom. The summed E-state index contributed by atoms with van der Waals surface area (Å²) in [6, 6.07) is 6.90. The van der Waals surface area contributed by atoms with Crippen LogP contribution in [0.1, 0.15) is 36.1 Å². The minimum absolute atomic E-state index is 0.00546. The molecule has 1 aromatic heterocycles. The summed E-state index contributed by atoms with van der Waals surface area (Å²) in [7, 11) is -3.33. The molecule has 0 saturated carbocycles. The number of sulfonamides is 1. The monoisotopic (exact) mass is 355 g/mol.